The lowest BCUT2D eigenvalue weighted by Gasteiger charge is -2.12. The zero-order valence-corrected chi connectivity index (χ0v) is 49.3. The van der Waals surface area contributed by atoms with Crippen LogP contribution in [0.15, 0.2) is 110 Å². The summed E-state index contributed by atoms with van der Waals surface area (Å²) in [4.78, 5) is 4.95. The predicted octanol–water partition coefficient (Wildman–Crippen LogP) is 9.67. The van der Waals surface area contributed by atoms with Crippen LogP contribution in [0.5, 0.6) is 11.6 Å². The first-order chi connectivity index (χ1) is 38.4. The van der Waals surface area contributed by atoms with Crippen molar-refractivity contribution < 1.29 is 87.7 Å². The van der Waals surface area contributed by atoms with Gasteiger partial charge in [-0.15, -0.1) is 37.3 Å². The van der Waals surface area contributed by atoms with Gasteiger partial charge < -0.3 is 9.84 Å². The van der Waals surface area contributed by atoms with Gasteiger partial charge in [-0.3, -0.25) is 31.7 Å². The number of nitrogens with zero attached hydrogens (tertiary/aromatic N) is 10. The first-order valence-corrected chi connectivity index (χ1v) is 33.9. The van der Waals surface area contributed by atoms with Gasteiger partial charge in [0.25, 0.3) is 60.7 Å². The van der Waals surface area contributed by atoms with Crippen LogP contribution < -0.4 is 4.74 Å². The number of hydrogen-bond donors (Lipinski definition) is 7. The molecular weight excluding hydrogens is 1280 g/mol. The van der Waals surface area contributed by atoms with E-state index in [1.165, 1.54) is 31.2 Å². The number of aromatic nitrogens is 3. The van der Waals surface area contributed by atoms with Crippen LogP contribution in [0, 0.1) is 32.1 Å². The average Bonchev–Trinajstić information content (AvgIpc) is 3.52. The maximum Gasteiger partial charge on any atom is 0.296 e. The molecule has 0 spiro atoms. The minimum Gasteiger partial charge on any atom is -0.493 e. The van der Waals surface area contributed by atoms with E-state index in [-0.39, 0.29) is 112 Å². The van der Waals surface area contributed by atoms with Gasteiger partial charge in [0, 0.05) is 27.3 Å². The Morgan fingerprint density at radius 1 is 0.639 bits per heavy atom. The highest BCUT2D eigenvalue weighted by atomic mass is 35.5. The van der Waals surface area contributed by atoms with Gasteiger partial charge in [-0.2, -0.15) is 60.9 Å². The topological polar surface area (TPSA) is 484 Å². The van der Waals surface area contributed by atoms with E-state index < -0.39 is 109 Å². The van der Waals surface area contributed by atoms with E-state index >= 15 is 0 Å². The van der Waals surface area contributed by atoms with Crippen LogP contribution in [0.3, 0.4) is 0 Å². The van der Waals surface area contributed by atoms with Gasteiger partial charge in [0.15, 0.2) is 11.3 Å². The molecule has 8 rings (SSSR count). The Morgan fingerprint density at radius 2 is 1.22 bits per heavy atom. The van der Waals surface area contributed by atoms with Crippen molar-refractivity contribution >= 4 is 167 Å². The zero-order valence-electron chi connectivity index (χ0n) is 42.0. The van der Waals surface area contributed by atoms with Crippen molar-refractivity contribution in [2.24, 2.45) is 30.7 Å². The third kappa shape index (κ3) is 13.9. The SMILES string of the molecule is Cc1cc(N=Nc2cc(OCCCS(=O)(=O)O)c(N=Nc3c(C)c(C#N)c4nc5c(Cl)cc(S(=O)(=O)O)cc5n4c3O)cc2C)c(SCCCS(=O)(=O)O)cc1N=Nc1nc2c(S(=O)(=O)O)cc3c(S(=O)(=O)O)cc(S(=O)(=O)O)cc3c2s1. The van der Waals surface area contributed by atoms with Gasteiger partial charge in [0.05, 0.1) is 60.2 Å². The summed E-state index contributed by atoms with van der Waals surface area (Å²) in [5, 5.41) is 46.0. The molecule has 39 heteroatoms. The van der Waals surface area contributed by atoms with Crippen molar-refractivity contribution in [2.45, 2.75) is 58.1 Å². The van der Waals surface area contributed by atoms with Crippen LogP contribution in [0.4, 0.5) is 33.6 Å². The summed E-state index contributed by atoms with van der Waals surface area (Å²) in [6.45, 7) is 4.19. The molecule has 30 nitrogen and oxygen atoms in total. The first-order valence-electron chi connectivity index (χ1n) is 22.7. The van der Waals surface area contributed by atoms with Gasteiger partial charge in [0.2, 0.25) is 11.0 Å². The fourth-order valence-corrected chi connectivity index (χ4v) is 13.9. The molecule has 0 bridgehead atoms. The molecule has 0 amide bonds. The Balaban J connectivity index is 1.20. The van der Waals surface area contributed by atoms with Crippen LogP contribution in [0.25, 0.3) is 37.7 Å². The highest BCUT2D eigenvalue weighted by Gasteiger charge is 2.29. The molecule has 0 unspecified atom stereocenters. The number of ether oxygens (including phenoxy) is 1. The standard InChI is InChI=1S/C44H37ClN10O20S8/c1-20-10-31(51-53-38-22(3)27(19-46)42-47-39-28(45)13-24(81(66,67)68)14-33(39)55(42)43(38)56)34(75-6-4-8-78(57,58)59)17-29(20)49-52-32-11-21(2)30(18-35(32)76-7-5-9-79(60,61)62)50-54-44-48-40-37(83(72,73)74)16-25-26(41(40)77-44)12-23(80(63,64)65)15-36(25)82(69,70)71/h10-18,56H,4-9H2,1-3H3,(H,57,58,59)(H,60,61,62)(H,63,64,65)(H,66,67,68)(H,69,70,71)(H,72,73,74). The van der Waals surface area contributed by atoms with Crippen molar-refractivity contribution in [3.05, 3.63) is 81.9 Å². The smallest absolute Gasteiger partial charge is 0.296 e. The second kappa shape index (κ2) is 23.0. The Hall–Kier alpha value is -6.81. The quantitative estimate of drug-likeness (QED) is 0.0161. The molecule has 8 aromatic rings. The normalized spacial score (nSPS) is 13.3. The van der Waals surface area contributed by atoms with E-state index in [9.17, 15) is 88.2 Å². The van der Waals surface area contributed by atoms with E-state index in [0.717, 1.165) is 34.4 Å². The number of hydrogen-bond acceptors (Lipinski definition) is 25. The summed E-state index contributed by atoms with van der Waals surface area (Å²) >= 11 is 7.89. The third-order valence-electron chi connectivity index (χ3n) is 11.7. The number of benzene rings is 5. The second-order valence-electron chi connectivity index (χ2n) is 17.6. The van der Waals surface area contributed by atoms with Crippen molar-refractivity contribution in [2.75, 3.05) is 23.9 Å². The number of azo groups is 3. The zero-order chi connectivity index (χ0) is 61.1. The number of thioether (sulfide) groups is 1. The molecule has 3 heterocycles. The van der Waals surface area contributed by atoms with Crippen LogP contribution in [-0.4, -0.2) is 121 Å². The molecule has 83 heavy (non-hydrogen) atoms. The lowest BCUT2D eigenvalue weighted by molar-refractivity contribution is 0.317. The molecule has 0 saturated carbocycles. The third-order valence-corrected chi connectivity index (χ3v) is 19.2. The van der Waals surface area contributed by atoms with Gasteiger partial charge in [-0.1, -0.05) is 22.9 Å². The van der Waals surface area contributed by atoms with Crippen LogP contribution in [0.1, 0.15) is 35.1 Å². The number of aromatic hydroxyl groups is 1. The predicted molar refractivity (Wildman–Crippen MR) is 298 cm³/mol. The number of imidazole rings is 1. The Labute approximate surface area is 482 Å². The van der Waals surface area contributed by atoms with Crippen LogP contribution in [0.2, 0.25) is 5.02 Å². The Morgan fingerprint density at radius 3 is 1.83 bits per heavy atom. The summed E-state index contributed by atoms with van der Waals surface area (Å²) in [7, 11) is -29.3. The Bertz CT molecular complexity index is 4950. The minimum atomic E-state index is -5.32. The van der Waals surface area contributed by atoms with Gasteiger partial charge >= 0.3 is 0 Å². The summed E-state index contributed by atoms with van der Waals surface area (Å²) in [5.74, 6) is -2.09. The van der Waals surface area contributed by atoms with E-state index in [0.29, 0.717) is 34.6 Å². The highest BCUT2D eigenvalue weighted by Crippen LogP contribution is 2.45. The number of halogens is 1. The van der Waals surface area contributed by atoms with E-state index in [4.69, 9.17) is 16.3 Å². The average molecular weight is 1320 g/mol. The summed E-state index contributed by atoms with van der Waals surface area (Å²) < 4.78 is 210. The van der Waals surface area contributed by atoms with Gasteiger partial charge in [0.1, 0.15) is 43.9 Å². The molecule has 5 aromatic carbocycles. The van der Waals surface area contributed by atoms with Crippen molar-refractivity contribution in [1.82, 2.24) is 14.4 Å². The van der Waals surface area contributed by atoms with Gasteiger partial charge in [-0.25, -0.2) is 9.97 Å². The van der Waals surface area contributed by atoms with Crippen molar-refractivity contribution in [1.29, 1.82) is 5.26 Å². The summed E-state index contributed by atoms with van der Waals surface area (Å²) in [6.07, 6.45) is -0.305. The molecule has 0 aliphatic carbocycles. The molecule has 0 aliphatic heterocycles. The number of pyridine rings is 1. The minimum absolute atomic E-state index is 0.0490. The number of fused-ring (bicyclic) bond motifs is 6. The lowest BCUT2D eigenvalue weighted by Crippen LogP contribution is -2.08. The van der Waals surface area contributed by atoms with E-state index in [1.54, 1.807) is 13.8 Å². The Kier molecular flexibility index (Phi) is 17.2. The maximum absolute atomic E-state index is 12.6. The second-order valence-corrected chi connectivity index (χ2v) is 28.9. The molecule has 3 aromatic heterocycles. The molecule has 0 saturated heterocycles. The van der Waals surface area contributed by atoms with Crippen molar-refractivity contribution in [3.63, 3.8) is 0 Å². The molecule has 0 radical (unpaired) electrons. The summed E-state index contributed by atoms with van der Waals surface area (Å²) in [5.41, 5.74) is -0.381. The largest absolute Gasteiger partial charge is 0.493 e. The fourth-order valence-electron chi connectivity index (χ4n) is 7.94. The van der Waals surface area contributed by atoms with E-state index in [1.807, 2.05) is 6.07 Å². The molecule has 438 valence electrons. The number of nitriles is 1. The number of rotatable bonds is 20. The molecule has 0 fully saturated rings. The first kappa shape index (κ1) is 62.2. The molecule has 0 atom stereocenters. The molecule has 7 N–H and O–H groups in total. The van der Waals surface area contributed by atoms with E-state index in [2.05, 4.69) is 40.7 Å². The highest BCUT2D eigenvalue weighted by molar-refractivity contribution is 7.99. The number of thiazole rings is 1. The van der Waals surface area contributed by atoms with Crippen LogP contribution in [-0.2, 0) is 60.7 Å². The lowest BCUT2D eigenvalue weighted by atomic mass is 10.1. The van der Waals surface area contributed by atoms with Gasteiger partial charge in [-0.05, 0) is 99.0 Å². The molecule has 0 aliphatic rings. The molecular formula is C44H37ClN10O20S8. The maximum atomic E-state index is 12.6. The monoisotopic (exact) mass is 1320 g/mol. The number of aryl methyl sites for hydroxylation is 2. The van der Waals surface area contributed by atoms with Crippen LogP contribution >= 0.6 is 34.7 Å². The fraction of sp³-hybridized carbons (Fsp3) is 0.205. The summed E-state index contributed by atoms with van der Waals surface area (Å²) in [6, 6.07) is 11.3. The van der Waals surface area contributed by atoms with Crippen molar-refractivity contribution in [3.8, 4) is 17.7 Å².